The van der Waals surface area contributed by atoms with E-state index in [1.165, 1.54) is 6.42 Å². The Labute approximate surface area is 111 Å². The zero-order chi connectivity index (χ0) is 13.8. The molecule has 2 N–H and O–H groups in total. The number of aliphatic hydroxyl groups is 1. The van der Waals surface area contributed by atoms with E-state index in [1.54, 1.807) is 0 Å². The van der Waals surface area contributed by atoms with Crippen LogP contribution >= 0.6 is 0 Å². The van der Waals surface area contributed by atoms with Crippen LogP contribution in [0.4, 0.5) is 0 Å². The first-order valence-corrected chi connectivity index (χ1v) is 7.23. The normalized spacial score (nSPS) is 26.7. The van der Waals surface area contributed by atoms with Gasteiger partial charge < -0.3 is 10.4 Å². The highest BCUT2D eigenvalue weighted by molar-refractivity contribution is 5.79. The Kier molecular flexibility index (Phi) is 5.64. The lowest BCUT2D eigenvalue weighted by Crippen LogP contribution is -2.43. The molecule has 106 valence electrons. The molecule has 3 nitrogen and oxygen atoms in total. The number of carbonyl (C=O) groups excluding carboxylic acids is 1. The van der Waals surface area contributed by atoms with Crippen LogP contribution in [0.25, 0.3) is 0 Å². The number of carbonyl (C=O) groups is 1. The van der Waals surface area contributed by atoms with Crippen LogP contribution in [0, 0.1) is 17.3 Å². The minimum atomic E-state index is -0.102. The SMILES string of the molecule is CC1CCCC(C(=O)NC(CO)CC(C)(C)C)C1. The quantitative estimate of drug-likeness (QED) is 0.811. The zero-order valence-electron chi connectivity index (χ0n) is 12.3. The molecule has 0 aliphatic heterocycles. The van der Waals surface area contributed by atoms with Crippen molar-refractivity contribution in [1.82, 2.24) is 5.32 Å². The second-order valence-corrected chi connectivity index (χ2v) is 7.12. The number of rotatable bonds is 4. The first-order valence-electron chi connectivity index (χ1n) is 7.23. The van der Waals surface area contributed by atoms with E-state index in [9.17, 15) is 9.90 Å². The van der Waals surface area contributed by atoms with Gasteiger partial charge in [-0.15, -0.1) is 0 Å². The summed E-state index contributed by atoms with van der Waals surface area (Å²) in [6.07, 6.45) is 5.22. The summed E-state index contributed by atoms with van der Waals surface area (Å²) in [6.45, 7) is 8.64. The van der Waals surface area contributed by atoms with Crippen molar-refractivity contribution in [3.63, 3.8) is 0 Å². The molecule has 1 aliphatic rings. The molecule has 1 saturated carbocycles. The Hall–Kier alpha value is -0.570. The largest absolute Gasteiger partial charge is 0.394 e. The van der Waals surface area contributed by atoms with E-state index < -0.39 is 0 Å². The molecule has 18 heavy (non-hydrogen) atoms. The third kappa shape index (κ3) is 5.38. The van der Waals surface area contributed by atoms with Gasteiger partial charge >= 0.3 is 0 Å². The lowest BCUT2D eigenvalue weighted by Gasteiger charge is -2.30. The maximum Gasteiger partial charge on any atom is 0.223 e. The molecular formula is C15H29NO2. The molecule has 0 aromatic heterocycles. The highest BCUT2D eigenvalue weighted by Crippen LogP contribution is 2.29. The monoisotopic (exact) mass is 255 g/mol. The molecule has 0 spiro atoms. The summed E-state index contributed by atoms with van der Waals surface area (Å²) in [5, 5.41) is 12.4. The molecule has 1 amide bonds. The third-order valence-corrected chi connectivity index (χ3v) is 3.73. The number of hydrogen-bond donors (Lipinski definition) is 2. The highest BCUT2D eigenvalue weighted by Gasteiger charge is 2.27. The van der Waals surface area contributed by atoms with Crippen molar-refractivity contribution in [2.75, 3.05) is 6.61 Å². The summed E-state index contributed by atoms with van der Waals surface area (Å²) < 4.78 is 0. The van der Waals surface area contributed by atoms with Gasteiger partial charge in [0.05, 0.1) is 12.6 Å². The fourth-order valence-electron chi connectivity index (χ4n) is 2.89. The van der Waals surface area contributed by atoms with Gasteiger partial charge in [-0.25, -0.2) is 0 Å². The van der Waals surface area contributed by atoms with Gasteiger partial charge in [-0.1, -0.05) is 40.5 Å². The Morgan fingerprint density at radius 3 is 2.56 bits per heavy atom. The van der Waals surface area contributed by atoms with Crippen molar-refractivity contribution >= 4 is 5.91 Å². The van der Waals surface area contributed by atoms with Gasteiger partial charge in [0, 0.05) is 5.92 Å². The molecule has 0 radical (unpaired) electrons. The lowest BCUT2D eigenvalue weighted by molar-refractivity contribution is -0.127. The topological polar surface area (TPSA) is 49.3 Å². The molecule has 0 saturated heterocycles. The van der Waals surface area contributed by atoms with Gasteiger partial charge in [0.25, 0.3) is 0 Å². The molecule has 0 aromatic rings. The summed E-state index contributed by atoms with van der Waals surface area (Å²) in [4.78, 5) is 12.2. The van der Waals surface area contributed by atoms with Crippen LogP contribution in [0.1, 0.15) is 59.8 Å². The van der Waals surface area contributed by atoms with Crippen LogP contribution in [0.15, 0.2) is 0 Å². The smallest absolute Gasteiger partial charge is 0.223 e. The minimum Gasteiger partial charge on any atom is -0.394 e. The number of nitrogens with one attached hydrogen (secondary N) is 1. The van der Waals surface area contributed by atoms with E-state index in [0.717, 1.165) is 25.7 Å². The van der Waals surface area contributed by atoms with Crippen LogP contribution in [-0.4, -0.2) is 23.7 Å². The second kappa shape index (κ2) is 6.55. The van der Waals surface area contributed by atoms with Crippen molar-refractivity contribution < 1.29 is 9.90 Å². The van der Waals surface area contributed by atoms with Crippen molar-refractivity contribution in [1.29, 1.82) is 0 Å². The van der Waals surface area contributed by atoms with E-state index in [2.05, 4.69) is 33.0 Å². The van der Waals surface area contributed by atoms with Gasteiger partial charge in [-0.3, -0.25) is 4.79 Å². The molecule has 3 heteroatoms. The Morgan fingerprint density at radius 1 is 1.39 bits per heavy atom. The molecule has 3 atom stereocenters. The Balaban J connectivity index is 2.46. The average molecular weight is 255 g/mol. The summed E-state index contributed by atoms with van der Waals surface area (Å²) in [7, 11) is 0. The first-order chi connectivity index (χ1) is 8.31. The number of hydrogen-bond acceptors (Lipinski definition) is 2. The molecule has 1 rings (SSSR count). The van der Waals surface area contributed by atoms with E-state index in [1.807, 2.05) is 0 Å². The van der Waals surface area contributed by atoms with Crippen molar-refractivity contribution in [3.05, 3.63) is 0 Å². The minimum absolute atomic E-state index is 0.0330. The third-order valence-electron chi connectivity index (χ3n) is 3.73. The average Bonchev–Trinajstić information content (AvgIpc) is 2.26. The second-order valence-electron chi connectivity index (χ2n) is 7.12. The van der Waals surface area contributed by atoms with Crippen LogP contribution in [0.2, 0.25) is 0 Å². The lowest BCUT2D eigenvalue weighted by atomic mass is 9.81. The predicted octanol–water partition coefficient (Wildman–Crippen LogP) is 2.73. The molecule has 0 bridgehead atoms. The fourth-order valence-corrected chi connectivity index (χ4v) is 2.89. The van der Waals surface area contributed by atoms with Crippen LogP contribution in [0.3, 0.4) is 0 Å². The van der Waals surface area contributed by atoms with E-state index in [-0.39, 0.29) is 29.9 Å². The molecular weight excluding hydrogens is 226 g/mol. The molecule has 3 unspecified atom stereocenters. The highest BCUT2D eigenvalue weighted by atomic mass is 16.3. The van der Waals surface area contributed by atoms with Gasteiger partial charge in [0.2, 0.25) is 5.91 Å². The van der Waals surface area contributed by atoms with Crippen molar-refractivity contribution in [2.45, 2.75) is 65.8 Å². The van der Waals surface area contributed by atoms with E-state index >= 15 is 0 Å². The Bertz CT molecular complexity index is 270. The van der Waals surface area contributed by atoms with Crippen molar-refractivity contribution in [2.24, 2.45) is 17.3 Å². The predicted molar refractivity (Wildman–Crippen MR) is 74.2 cm³/mol. The standard InChI is InChI=1S/C15H29NO2/c1-11-6-5-7-12(8-11)14(18)16-13(10-17)9-15(2,3)4/h11-13,17H,5-10H2,1-4H3,(H,16,18). The summed E-state index contributed by atoms with van der Waals surface area (Å²) in [6, 6.07) is -0.102. The molecule has 0 heterocycles. The summed E-state index contributed by atoms with van der Waals surface area (Å²) in [5.74, 6) is 0.956. The fraction of sp³-hybridized carbons (Fsp3) is 0.933. The maximum absolute atomic E-state index is 12.2. The van der Waals surface area contributed by atoms with Gasteiger partial charge in [-0.2, -0.15) is 0 Å². The van der Waals surface area contributed by atoms with Crippen LogP contribution in [0.5, 0.6) is 0 Å². The van der Waals surface area contributed by atoms with Gasteiger partial charge in [0.1, 0.15) is 0 Å². The maximum atomic E-state index is 12.2. The van der Waals surface area contributed by atoms with Gasteiger partial charge in [0.15, 0.2) is 0 Å². The molecule has 1 fully saturated rings. The number of amides is 1. The van der Waals surface area contributed by atoms with Gasteiger partial charge in [-0.05, 0) is 30.6 Å². The Morgan fingerprint density at radius 2 is 2.06 bits per heavy atom. The molecule has 0 aromatic carbocycles. The first kappa shape index (κ1) is 15.5. The zero-order valence-corrected chi connectivity index (χ0v) is 12.3. The van der Waals surface area contributed by atoms with E-state index in [0.29, 0.717) is 5.92 Å². The number of aliphatic hydroxyl groups excluding tert-OH is 1. The summed E-state index contributed by atoms with van der Waals surface area (Å²) in [5.41, 5.74) is 0.126. The van der Waals surface area contributed by atoms with Crippen molar-refractivity contribution in [3.8, 4) is 0 Å². The summed E-state index contributed by atoms with van der Waals surface area (Å²) >= 11 is 0. The van der Waals surface area contributed by atoms with E-state index in [4.69, 9.17) is 0 Å². The van der Waals surface area contributed by atoms with Crippen LogP contribution < -0.4 is 5.32 Å². The molecule has 1 aliphatic carbocycles. The van der Waals surface area contributed by atoms with Crippen LogP contribution in [-0.2, 0) is 4.79 Å².